The van der Waals surface area contributed by atoms with Crippen LogP contribution in [-0.4, -0.2) is 0 Å². The van der Waals surface area contributed by atoms with Gasteiger partial charge in [-0.25, -0.2) is 4.39 Å². The number of fused-ring (bicyclic) bond motifs is 1. The first-order valence-electron chi connectivity index (χ1n) is 7.25. The van der Waals surface area contributed by atoms with Crippen molar-refractivity contribution in [2.24, 2.45) is 0 Å². The number of hydrogen-bond acceptors (Lipinski definition) is 1. The van der Waals surface area contributed by atoms with Gasteiger partial charge in [-0.2, -0.15) is 0 Å². The zero-order chi connectivity index (χ0) is 14.1. The van der Waals surface area contributed by atoms with Crippen molar-refractivity contribution in [1.82, 2.24) is 5.32 Å². The topological polar surface area (TPSA) is 12.0 Å². The van der Waals surface area contributed by atoms with E-state index in [2.05, 4.69) is 36.5 Å². The summed E-state index contributed by atoms with van der Waals surface area (Å²) in [6.45, 7) is 3.90. The molecule has 20 heavy (non-hydrogen) atoms. The highest BCUT2D eigenvalue weighted by atomic mass is 19.1. The van der Waals surface area contributed by atoms with Gasteiger partial charge in [0, 0.05) is 12.1 Å². The highest BCUT2D eigenvalue weighted by molar-refractivity contribution is 5.35. The van der Waals surface area contributed by atoms with E-state index in [9.17, 15) is 4.39 Å². The quantitative estimate of drug-likeness (QED) is 0.866. The molecule has 1 nitrogen and oxygen atoms in total. The Balaban J connectivity index is 1.77. The molecule has 1 N–H and O–H groups in total. The van der Waals surface area contributed by atoms with Gasteiger partial charge in [0.1, 0.15) is 5.82 Å². The number of halogens is 1. The fourth-order valence-corrected chi connectivity index (χ4v) is 3.01. The Morgan fingerprint density at radius 3 is 2.80 bits per heavy atom. The smallest absolute Gasteiger partial charge is 0.126 e. The minimum Gasteiger partial charge on any atom is -0.303 e. The Morgan fingerprint density at radius 2 is 2.00 bits per heavy atom. The van der Waals surface area contributed by atoms with Crippen LogP contribution in [0.3, 0.4) is 0 Å². The molecule has 0 heterocycles. The van der Waals surface area contributed by atoms with Gasteiger partial charge in [-0.1, -0.05) is 36.4 Å². The Bertz CT molecular complexity index is 621. The summed E-state index contributed by atoms with van der Waals surface area (Å²) in [5.41, 5.74) is 4.55. The van der Waals surface area contributed by atoms with Crippen molar-refractivity contribution in [2.45, 2.75) is 38.8 Å². The largest absolute Gasteiger partial charge is 0.303 e. The second-order valence-corrected chi connectivity index (χ2v) is 5.69. The monoisotopic (exact) mass is 269 g/mol. The van der Waals surface area contributed by atoms with E-state index in [-0.39, 0.29) is 11.9 Å². The van der Waals surface area contributed by atoms with Gasteiger partial charge in [0.15, 0.2) is 0 Å². The van der Waals surface area contributed by atoms with Crippen LogP contribution in [0.5, 0.6) is 0 Å². The maximum Gasteiger partial charge on any atom is 0.126 e. The first-order valence-corrected chi connectivity index (χ1v) is 7.25. The van der Waals surface area contributed by atoms with Gasteiger partial charge in [0.05, 0.1) is 0 Å². The predicted octanol–water partition coefficient (Wildman–Crippen LogP) is 4.47. The lowest BCUT2D eigenvalue weighted by molar-refractivity contribution is 0.463. The summed E-state index contributed by atoms with van der Waals surface area (Å²) in [5.74, 6) is -0.122. The minimum absolute atomic E-state index is 0.122. The standard InChI is InChI=1S/C18H20FN/c1-12-7-8-15(11-17(12)19)13(2)20-18-10-9-14-5-3-4-6-16(14)18/h3-8,11,13,18,20H,9-10H2,1-2H3. The molecule has 0 fully saturated rings. The summed E-state index contributed by atoms with van der Waals surface area (Å²) in [7, 11) is 0. The van der Waals surface area contributed by atoms with Gasteiger partial charge in [-0.15, -0.1) is 0 Å². The SMILES string of the molecule is Cc1ccc(C(C)NC2CCc3ccccc32)cc1F. The first-order chi connectivity index (χ1) is 9.65. The molecule has 2 heteroatoms. The van der Waals surface area contributed by atoms with Crippen molar-refractivity contribution in [1.29, 1.82) is 0 Å². The molecule has 1 aliphatic carbocycles. The van der Waals surface area contributed by atoms with Gasteiger partial charge < -0.3 is 5.32 Å². The summed E-state index contributed by atoms with van der Waals surface area (Å²) in [4.78, 5) is 0. The van der Waals surface area contributed by atoms with Crippen molar-refractivity contribution >= 4 is 0 Å². The van der Waals surface area contributed by atoms with Crippen LogP contribution < -0.4 is 5.32 Å². The van der Waals surface area contributed by atoms with Crippen LogP contribution in [0.25, 0.3) is 0 Å². The summed E-state index contributed by atoms with van der Waals surface area (Å²) in [5, 5.41) is 3.63. The van der Waals surface area contributed by atoms with Gasteiger partial charge in [-0.3, -0.25) is 0 Å². The fourth-order valence-electron chi connectivity index (χ4n) is 3.01. The van der Waals surface area contributed by atoms with Crippen LogP contribution in [0, 0.1) is 12.7 Å². The Morgan fingerprint density at radius 1 is 1.20 bits per heavy atom. The zero-order valence-corrected chi connectivity index (χ0v) is 12.0. The van der Waals surface area contributed by atoms with E-state index in [1.807, 2.05) is 12.1 Å². The lowest BCUT2D eigenvalue weighted by Crippen LogP contribution is -2.23. The summed E-state index contributed by atoms with van der Waals surface area (Å²) in [6, 6.07) is 14.6. The van der Waals surface area contributed by atoms with E-state index in [1.165, 1.54) is 11.1 Å². The van der Waals surface area contributed by atoms with Crippen LogP contribution >= 0.6 is 0 Å². The lowest BCUT2D eigenvalue weighted by Gasteiger charge is -2.21. The van der Waals surface area contributed by atoms with Gasteiger partial charge in [-0.05, 0) is 55.0 Å². The molecule has 0 amide bonds. The first kappa shape index (κ1) is 13.3. The van der Waals surface area contributed by atoms with Crippen molar-refractivity contribution < 1.29 is 4.39 Å². The molecular formula is C18H20FN. The maximum absolute atomic E-state index is 13.7. The molecule has 0 radical (unpaired) electrons. The number of rotatable bonds is 3. The second-order valence-electron chi connectivity index (χ2n) is 5.69. The number of hydrogen-bond donors (Lipinski definition) is 1. The van der Waals surface area contributed by atoms with E-state index >= 15 is 0 Å². The van der Waals surface area contributed by atoms with Crippen LogP contribution in [0.15, 0.2) is 42.5 Å². The molecule has 0 saturated heterocycles. The fraction of sp³-hybridized carbons (Fsp3) is 0.333. The van der Waals surface area contributed by atoms with Crippen molar-refractivity contribution in [2.75, 3.05) is 0 Å². The van der Waals surface area contributed by atoms with Crippen LogP contribution in [0.1, 0.15) is 47.7 Å². The maximum atomic E-state index is 13.7. The molecule has 3 rings (SSSR count). The molecule has 2 aromatic rings. The Kier molecular flexibility index (Phi) is 3.58. The van der Waals surface area contributed by atoms with Gasteiger partial charge in [0.2, 0.25) is 0 Å². The molecule has 104 valence electrons. The molecule has 2 unspecified atom stereocenters. The molecule has 0 spiro atoms. The van der Waals surface area contributed by atoms with E-state index in [0.717, 1.165) is 18.4 Å². The molecule has 0 saturated carbocycles. The Labute approximate surface area is 119 Å². The molecular weight excluding hydrogens is 249 g/mol. The minimum atomic E-state index is -0.122. The van der Waals surface area contributed by atoms with Crippen molar-refractivity contribution in [3.63, 3.8) is 0 Å². The second kappa shape index (κ2) is 5.37. The summed E-state index contributed by atoms with van der Waals surface area (Å²) in [6.07, 6.45) is 2.25. The predicted molar refractivity (Wildman–Crippen MR) is 80.2 cm³/mol. The average molecular weight is 269 g/mol. The number of aryl methyl sites for hydroxylation is 2. The van der Waals surface area contributed by atoms with E-state index in [4.69, 9.17) is 0 Å². The summed E-state index contributed by atoms with van der Waals surface area (Å²) >= 11 is 0. The summed E-state index contributed by atoms with van der Waals surface area (Å²) < 4.78 is 13.7. The zero-order valence-electron chi connectivity index (χ0n) is 12.0. The van der Waals surface area contributed by atoms with Crippen LogP contribution in [0.2, 0.25) is 0 Å². The molecule has 0 aromatic heterocycles. The average Bonchev–Trinajstić information content (AvgIpc) is 2.85. The molecule has 2 aromatic carbocycles. The van der Waals surface area contributed by atoms with Crippen LogP contribution in [-0.2, 0) is 6.42 Å². The van der Waals surface area contributed by atoms with Crippen LogP contribution in [0.4, 0.5) is 4.39 Å². The highest BCUT2D eigenvalue weighted by Crippen LogP contribution is 2.32. The molecule has 0 aliphatic heterocycles. The third-order valence-corrected chi connectivity index (χ3v) is 4.28. The van der Waals surface area contributed by atoms with E-state index < -0.39 is 0 Å². The van der Waals surface area contributed by atoms with Crippen molar-refractivity contribution in [3.8, 4) is 0 Å². The molecule has 2 atom stereocenters. The third-order valence-electron chi connectivity index (χ3n) is 4.28. The van der Waals surface area contributed by atoms with Crippen molar-refractivity contribution in [3.05, 3.63) is 70.5 Å². The van der Waals surface area contributed by atoms with E-state index in [0.29, 0.717) is 11.6 Å². The number of benzene rings is 2. The lowest BCUT2D eigenvalue weighted by atomic mass is 10.0. The molecule has 1 aliphatic rings. The third kappa shape index (κ3) is 2.48. The van der Waals surface area contributed by atoms with Gasteiger partial charge in [0.25, 0.3) is 0 Å². The Hall–Kier alpha value is -1.67. The van der Waals surface area contributed by atoms with Gasteiger partial charge >= 0.3 is 0 Å². The van der Waals surface area contributed by atoms with E-state index in [1.54, 1.807) is 13.0 Å². The normalized spacial score (nSPS) is 18.9. The molecule has 0 bridgehead atoms. The number of nitrogens with one attached hydrogen (secondary N) is 1. The highest BCUT2D eigenvalue weighted by Gasteiger charge is 2.23.